The van der Waals surface area contributed by atoms with Crippen molar-refractivity contribution in [3.8, 4) is 22.8 Å². The lowest BCUT2D eigenvalue weighted by molar-refractivity contribution is 0.475. The normalized spacial score (nSPS) is 10.6. The molecule has 3 aromatic heterocycles. The fourth-order valence-corrected chi connectivity index (χ4v) is 2.01. The minimum Gasteiger partial charge on any atom is -0.455 e. The van der Waals surface area contributed by atoms with Crippen LogP contribution in [0.15, 0.2) is 49.1 Å². The van der Waals surface area contributed by atoms with Crippen molar-refractivity contribution in [3.05, 3.63) is 54.7 Å². The molecule has 3 rings (SSSR count). The topological polar surface area (TPSA) is 52.8 Å². The standard InChI is InChI=1S/C16H16N4O/c1-3-20-11-13(10-19-20)15-9-14(6-8-18-15)21-16-5-4-7-17-12(16)2/h4-11H,3H2,1-2H3. The molecule has 0 spiro atoms. The Morgan fingerprint density at radius 1 is 1.19 bits per heavy atom. The van der Waals surface area contributed by atoms with E-state index in [4.69, 9.17) is 4.74 Å². The number of hydrogen-bond acceptors (Lipinski definition) is 4. The zero-order chi connectivity index (χ0) is 14.7. The summed E-state index contributed by atoms with van der Waals surface area (Å²) in [4.78, 5) is 8.59. The molecule has 0 amide bonds. The van der Waals surface area contributed by atoms with Crippen molar-refractivity contribution in [1.82, 2.24) is 19.7 Å². The third-order valence-corrected chi connectivity index (χ3v) is 3.17. The van der Waals surface area contributed by atoms with E-state index in [0.29, 0.717) is 0 Å². The maximum atomic E-state index is 5.87. The van der Waals surface area contributed by atoms with E-state index < -0.39 is 0 Å². The van der Waals surface area contributed by atoms with Gasteiger partial charge in [-0.1, -0.05) is 0 Å². The van der Waals surface area contributed by atoms with Crippen LogP contribution in [-0.2, 0) is 6.54 Å². The number of rotatable bonds is 4. The highest BCUT2D eigenvalue weighted by atomic mass is 16.5. The first-order valence-electron chi connectivity index (χ1n) is 6.84. The third-order valence-electron chi connectivity index (χ3n) is 3.17. The highest BCUT2D eigenvalue weighted by Crippen LogP contribution is 2.26. The van der Waals surface area contributed by atoms with Crippen LogP contribution >= 0.6 is 0 Å². The Balaban J connectivity index is 1.88. The highest BCUT2D eigenvalue weighted by molar-refractivity contribution is 5.58. The van der Waals surface area contributed by atoms with Crippen molar-refractivity contribution in [2.45, 2.75) is 20.4 Å². The molecular formula is C16H16N4O. The fourth-order valence-electron chi connectivity index (χ4n) is 2.01. The van der Waals surface area contributed by atoms with E-state index in [-0.39, 0.29) is 0 Å². The Morgan fingerprint density at radius 2 is 2.10 bits per heavy atom. The lowest BCUT2D eigenvalue weighted by atomic mass is 10.2. The molecule has 5 heteroatoms. The Morgan fingerprint density at radius 3 is 2.86 bits per heavy atom. The zero-order valence-electron chi connectivity index (χ0n) is 12.0. The summed E-state index contributed by atoms with van der Waals surface area (Å²) in [5, 5.41) is 4.26. The summed E-state index contributed by atoms with van der Waals surface area (Å²) >= 11 is 0. The largest absolute Gasteiger partial charge is 0.455 e. The van der Waals surface area contributed by atoms with Gasteiger partial charge >= 0.3 is 0 Å². The summed E-state index contributed by atoms with van der Waals surface area (Å²) in [6, 6.07) is 7.50. The lowest BCUT2D eigenvalue weighted by Crippen LogP contribution is -1.92. The van der Waals surface area contributed by atoms with Crippen LogP contribution in [0.25, 0.3) is 11.3 Å². The minimum absolute atomic E-state index is 0.736. The zero-order valence-corrected chi connectivity index (χ0v) is 12.0. The molecule has 0 radical (unpaired) electrons. The second-order valence-corrected chi connectivity index (χ2v) is 4.65. The second-order valence-electron chi connectivity index (χ2n) is 4.65. The summed E-state index contributed by atoms with van der Waals surface area (Å²) in [6.45, 7) is 4.81. The van der Waals surface area contributed by atoms with Crippen LogP contribution in [0, 0.1) is 6.92 Å². The predicted octanol–water partition coefficient (Wildman–Crippen LogP) is 3.46. The smallest absolute Gasteiger partial charge is 0.148 e. The van der Waals surface area contributed by atoms with Crippen LogP contribution in [0.1, 0.15) is 12.6 Å². The Bertz CT molecular complexity index is 751. The number of aromatic nitrogens is 4. The molecule has 3 heterocycles. The number of ether oxygens (including phenoxy) is 1. The van der Waals surface area contributed by atoms with Gasteiger partial charge in [0.25, 0.3) is 0 Å². The molecule has 0 saturated heterocycles. The highest BCUT2D eigenvalue weighted by Gasteiger charge is 2.06. The van der Waals surface area contributed by atoms with Gasteiger partial charge in [-0.3, -0.25) is 14.6 Å². The molecule has 106 valence electrons. The van der Waals surface area contributed by atoms with Gasteiger partial charge < -0.3 is 4.74 Å². The Labute approximate surface area is 123 Å². The SMILES string of the molecule is CCn1cc(-c2cc(Oc3cccnc3C)ccn2)cn1. The van der Waals surface area contributed by atoms with Gasteiger partial charge in [0.15, 0.2) is 0 Å². The first kappa shape index (κ1) is 13.3. The summed E-state index contributed by atoms with van der Waals surface area (Å²) in [7, 11) is 0. The fraction of sp³-hybridized carbons (Fsp3) is 0.188. The summed E-state index contributed by atoms with van der Waals surface area (Å²) < 4.78 is 7.75. The first-order valence-corrected chi connectivity index (χ1v) is 6.84. The maximum absolute atomic E-state index is 5.87. The van der Waals surface area contributed by atoms with E-state index in [1.165, 1.54) is 0 Å². The van der Waals surface area contributed by atoms with Crippen LogP contribution in [0.2, 0.25) is 0 Å². The third kappa shape index (κ3) is 2.91. The van der Waals surface area contributed by atoms with Crippen LogP contribution in [0.3, 0.4) is 0 Å². The van der Waals surface area contributed by atoms with Crippen molar-refractivity contribution < 1.29 is 4.74 Å². The van der Waals surface area contributed by atoms with E-state index in [1.807, 2.05) is 48.3 Å². The monoisotopic (exact) mass is 280 g/mol. The molecule has 5 nitrogen and oxygen atoms in total. The van der Waals surface area contributed by atoms with E-state index in [1.54, 1.807) is 12.4 Å². The Kier molecular flexibility index (Phi) is 3.64. The van der Waals surface area contributed by atoms with Gasteiger partial charge in [0.2, 0.25) is 0 Å². The summed E-state index contributed by atoms with van der Waals surface area (Å²) in [6.07, 6.45) is 7.27. The molecule has 3 aromatic rings. The molecule has 0 unspecified atom stereocenters. The number of hydrogen-bond donors (Lipinski definition) is 0. The van der Waals surface area contributed by atoms with Crippen LogP contribution < -0.4 is 4.74 Å². The van der Waals surface area contributed by atoms with Gasteiger partial charge in [-0.2, -0.15) is 5.10 Å². The quantitative estimate of drug-likeness (QED) is 0.734. The van der Waals surface area contributed by atoms with E-state index in [0.717, 1.165) is 35.0 Å². The van der Waals surface area contributed by atoms with Gasteiger partial charge in [0, 0.05) is 36.8 Å². The average molecular weight is 280 g/mol. The molecule has 0 aliphatic heterocycles. The van der Waals surface area contributed by atoms with Gasteiger partial charge in [0.05, 0.1) is 17.6 Å². The molecule has 0 saturated carbocycles. The maximum Gasteiger partial charge on any atom is 0.148 e. The minimum atomic E-state index is 0.736. The van der Waals surface area contributed by atoms with E-state index in [9.17, 15) is 0 Å². The molecule has 21 heavy (non-hydrogen) atoms. The van der Waals surface area contributed by atoms with Crippen molar-refractivity contribution in [1.29, 1.82) is 0 Å². The molecule has 0 N–H and O–H groups in total. The first-order chi connectivity index (χ1) is 10.3. The van der Waals surface area contributed by atoms with Gasteiger partial charge in [0.1, 0.15) is 11.5 Å². The number of nitrogens with zero attached hydrogens (tertiary/aromatic N) is 4. The van der Waals surface area contributed by atoms with Crippen LogP contribution in [0.5, 0.6) is 11.5 Å². The van der Waals surface area contributed by atoms with Crippen molar-refractivity contribution in [2.24, 2.45) is 0 Å². The van der Waals surface area contributed by atoms with Crippen LogP contribution in [-0.4, -0.2) is 19.7 Å². The van der Waals surface area contributed by atoms with Crippen molar-refractivity contribution in [2.75, 3.05) is 0 Å². The second kappa shape index (κ2) is 5.75. The molecular weight excluding hydrogens is 264 g/mol. The summed E-state index contributed by atoms with van der Waals surface area (Å²) in [5.41, 5.74) is 2.67. The van der Waals surface area contributed by atoms with Gasteiger partial charge in [-0.15, -0.1) is 0 Å². The number of aryl methyl sites for hydroxylation is 2. The van der Waals surface area contributed by atoms with E-state index in [2.05, 4.69) is 22.0 Å². The van der Waals surface area contributed by atoms with Crippen molar-refractivity contribution >= 4 is 0 Å². The molecule has 0 fully saturated rings. The molecule has 0 aliphatic rings. The number of pyridine rings is 2. The van der Waals surface area contributed by atoms with Gasteiger partial charge in [-0.05, 0) is 32.0 Å². The van der Waals surface area contributed by atoms with E-state index >= 15 is 0 Å². The predicted molar refractivity (Wildman–Crippen MR) is 80.2 cm³/mol. The van der Waals surface area contributed by atoms with Gasteiger partial charge in [-0.25, -0.2) is 0 Å². The summed E-state index contributed by atoms with van der Waals surface area (Å²) in [5.74, 6) is 1.49. The average Bonchev–Trinajstić information content (AvgIpc) is 2.99. The Hall–Kier alpha value is -2.69. The molecule has 0 aromatic carbocycles. The molecule has 0 bridgehead atoms. The van der Waals surface area contributed by atoms with Crippen LogP contribution in [0.4, 0.5) is 0 Å². The molecule has 0 aliphatic carbocycles. The lowest BCUT2D eigenvalue weighted by Gasteiger charge is -2.08. The molecule has 0 atom stereocenters. The van der Waals surface area contributed by atoms with Crippen molar-refractivity contribution in [3.63, 3.8) is 0 Å².